The predicted molar refractivity (Wildman–Crippen MR) is 69.8 cm³/mol. The van der Waals surface area contributed by atoms with E-state index in [1.54, 1.807) is 11.8 Å². The number of nitrogens with two attached hydrogens (primary N) is 1. The first-order valence-electron chi connectivity index (χ1n) is 5.58. The fourth-order valence-electron chi connectivity index (χ4n) is 1.58. The molecule has 2 aromatic rings. The molecular formula is C12H16N4S. The highest BCUT2D eigenvalue weighted by Crippen LogP contribution is 2.21. The Labute approximate surface area is 105 Å². The molecule has 0 unspecified atom stereocenters. The Hall–Kier alpha value is -1.33. The fraction of sp³-hybridized carbons (Fsp3) is 0.333. The highest BCUT2D eigenvalue weighted by molar-refractivity contribution is 7.98. The first-order chi connectivity index (χ1) is 8.31. The Morgan fingerprint density at radius 2 is 2.00 bits per heavy atom. The van der Waals surface area contributed by atoms with Crippen molar-refractivity contribution in [2.24, 2.45) is 5.73 Å². The number of aryl methyl sites for hydroxylation is 1. The second-order valence-electron chi connectivity index (χ2n) is 3.74. The van der Waals surface area contributed by atoms with Crippen LogP contribution >= 0.6 is 11.8 Å². The number of aromatic nitrogens is 3. The highest BCUT2D eigenvalue weighted by atomic mass is 32.2. The first kappa shape index (κ1) is 12.1. The molecule has 0 spiro atoms. The lowest BCUT2D eigenvalue weighted by Crippen LogP contribution is -2.12. The van der Waals surface area contributed by atoms with E-state index in [0.29, 0.717) is 6.54 Å². The number of nitrogens with zero attached hydrogens (tertiary/aromatic N) is 3. The largest absolute Gasteiger partial charge is 0.329 e. The Morgan fingerprint density at radius 1 is 1.24 bits per heavy atom. The van der Waals surface area contributed by atoms with Crippen molar-refractivity contribution in [2.45, 2.75) is 24.4 Å². The molecule has 1 heterocycles. The third-order valence-corrected chi connectivity index (χ3v) is 3.50. The van der Waals surface area contributed by atoms with E-state index in [2.05, 4.69) is 26.9 Å². The molecule has 0 fully saturated rings. The molecule has 0 saturated carbocycles. The molecule has 2 N–H and O–H groups in total. The Balaban J connectivity index is 2.04. The third kappa shape index (κ3) is 3.08. The van der Waals surface area contributed by atoms with Crippen molar-refractivity contribution in [2.75, 3.05) is 6.54 Å². The van der Waals surface area contributed by atoms with Gasteiger partial charge in [-0.2, -0.15) is 0 Å². The summed E-state index contributed by atoms with van der Waals surface area (Å²) in [4.78, 5) is 0. The standard InChI is InChI=1S/C12H16N4S/c1-10-14-15-12(16(10)8-7-13)17-9-11-5-3-2-4-6-11/h2-6H,7-9,13H2,1H3. The van der Waals surface area contributed by atoms with E-state index in [-0.39, 0.29) is 0 Å². The molecule has 1 aromatic heterocycles. The first-order valence-corrected chi connectivity index (χ1v) is 6.56. The predicted octanol–water partition coefficient (Wildman–Crippen LogP) is 1.84. The second-order valence-corrected chi connectivity index (χ2v) is 4.69. The summed E-state index contributed by atoms with van der Waals surface area (Å²) < 4.78 is 2.06. The van der Waals surface area contributed by atoms with Gasteiger partial charge in [0.05, 0.1) is 0 Å². The zero-order chi connectivity index (χ0) is 12.1. The summed E-state index contributed by atoms with van der Waals surface area (Å²) in [6.07, 6.45) is 0. The van der Waals surface area contributed by atoms with Crippen molar-refractivity contribution in [3.63, 3.8) is 0 Å². The monoisotopic (exact) mass is 248 g/mol. The number of hydrogen-bond donors (Lipinski definition) is 1. The molecule has 0 aliphatic heterocycles. The average Bonchev–Trinajstić information content (AvgIpc) is 2.70. The summed E-state index contributed by atoms with van der Waals surface area (Å²) in [7, 11) is 0. The molecule has 0 bridgehead atoms. The van der Waals surface area contributed by atoms with Gasteiger partial charge in [0.25, 0.3) is 0 Å². The molecular weight excluding hydrogens is 232 g/mol. The maximum absolute atomic E-state index is 5.58. The van der Waals surface area contributed by atoms with E-state index >= 15 is 0 Å². The van der Waals surface area contributed by atoms with Crippen LogP contribution in [0.3, 0.4) is 0 Å². The van der Waals surface area contributed by atoms with Crippen LogP contribution in [0.15, 0.2) is 35.5 Å². The van der Waals surface area contributed by atoms with Gasteiger partial charge in [-0.25, -0.2) is 0 Å². The topological polar surface area (TPSA) is 56.7 Å². The summed E-state index contributed by atoms with van der Waals surface area (Å²) in [5.41, 5.74) is 6.87. The zero-order valence-corrected chi connectivity index (χ0v) is 10.7. The van der Waals surface area contributed by atoms with Gasteiger partial charge in [-0.05, 0) is 12.5 Å². The van der Waals surface area contributed by atoms with E-state index < -0.39 is 0 Å². The van der Waals surface area contributed by atoms with Crippen molar-refractivity contribution in [3.05, 3.63) is 41.7 Å². The van der Waals surface area contributed by atoms with Gasteiger partial charge >= 0.3 is 0 Å². The van der Waals surface area contributed by atoms with Crippen LogP contribution in [0.2, 0.25) is 0 Å². The molecule has 4 nitrogen and oxygen atoms in total. The lowest BCUT2D eigenvalue weighted by molar-refractivity contribution is 0.627. The van der Waals surface area contributed by atoms with Crippen molar-refractivity contribution in [3.8, 4) is 0 Å². The van der Waals surface area contributed by atoms with Gasteiger partial charge in [-0.1, -0.05) is 42.1 Å². The van der Waals surface area contributed by atoms with Crippen LogP contribution in [0.4, 0.5) is 0 Å². The molecule has 2 rings (SSSR count). The van der Waals surface area contributed by atoms with Crippen LogP contribution in [0, 0.1) is 6.92 Å². The SMILES string of the molecule is Cc1nnc(SCc2ccccc2)n1CCN. The molecule has 17 heavy (non-hydrogen) atoms. The van der Waals surface area contributed by atoms with Crippen molar-refractivity contribution < 1.29 is 0 Å². The van der Waals surface area contributed by atoms with E-state index in [1.807, 2.05) is 25.1 Å². The van der Waals surface area contributed by atoms with Crippen LogP contribution in [-0.4, -0.2) is 21.3 Å². The van der Waals surface area contributed by atoms with Gasteiger partial charge in [0.1, 0.15) is 5.82 Å². The van der Waals surface area contributed by atoms with Gasteiger partial charge in [-0.15, -0.1) is 10.2 Å². The summed E-state index contributed by atoms with van der Waals surface area (Å²) in [6, 6.07) is 10.3. The van der Waals surface area contributed by atoms with Crippen LogP contribution in [0.1, 0.15) is 11.4 Å². The second kappa shape index (κ2) is 5.84. The van der Waals surface area contributed by atoms with Gasteiger partial charge in [0, 0.05) is 18.8 Å². The van der Waals surface area contributed by atoms with Gasteiger partial charge in [-0.3, -0.25) is 0 Å². The molecule has 5 heteroatoms. The molecule has 0 saturated heterocycles. The van der Waals surface area contributed by atoms with Crippen LogP contribution in [0.25, 0.3) is 0 Å². The third-order valence-electron chi connectivity index (χ3n) is 2.47. The van der Waals surface area contributed by atoms with Crippen LogP contribution in [-0.2, 0) is 12.3 Å². The minimum atomic E-state index is 0.609. The highest BCUT2D eigenvalue weighted by Gasteiger charge is 2.08. The number of thioether (sulfide) groups is 1. The maximum atomic E-state index is 5.58. The number of benzene rings is 1. The molecule has 0 radical (unpaired) electrons. The van der Waals surface area contributed by atoms with Crippen molar-refractivity contribution in [1.82, 2.24) is 14.8 Å². The summed E-state index contributed by atoms with van der Waals surface area (Å²) in [5, 5.41) is 9.20. The molecule has 90 valence electrons. The quantitative estimate of drug-likeness (QED) is 0.820. The molecule has 1 aromatic carbocycles. The minimum absolute atomic E-state index is 0.609. The molecule has 0 aliphatic carbocycles. The smallest absolute Gasteiger partial charge is 0.191 e. The molecule has 0 amide bonds. The number of rotatable bonds is 5. The van der Waals surface area contributed by atoms with Gasteiger partial charge in [0.2, 0.25) is 0 Å². The van der Waals surface area contributed by atoms with Gasteiger partial charge < -0.3 is 10.3 Å². The zero-order valence-electron chi connectivity index (χ0n) is 9.84. The van der Waals surface area contributed by atoms with E-state index in [9.17, 15) is 0 Å². The van der Waals surface area contributed by atoms with Crippen LogP contribution < -0.4 is 5.73 Å². The Kier molecular flexibility index (Phi) is 4.17. The van der Waals surface area contributed by atoms with Crippen molar-refractivity contribution >= 4 is 11.8 Å². The summed E-state index contributed by atoms with van der Waals surface area (Å²) >= 11 is 1.69. The Morgan fingerprint density at radius 3 is 2.71 bits per heavy atom. The van der Waals surface area contributed by atoms with Gasteiger partial charge in [0.15, 0.2) is 5.16 Å². The normalized spacial score (nSPS) is 10.7. The van der Waals surface area contributed by atoms with E-state index in [1.165, 1.54) is 5.56 Å². The lowest BCUT2D eigenvalue weighted by atomic mass is 10.2. The van der Waals surface area contributed by atoms with E-state index in [4.69, 9.17) is 5.73 Å². The van der Waals surface area contributed by atoms with Crippen molar-refractivity contribution in [1.29, 1.82) is 0 Å². The maximum Gasteiger partial charge on any atom is 0.191 e. The minimum Gasteiger partial charge on any atom is -0.329 e. The molecule has 0 aliphatic rings. The summed E-state index contributed by atoms with van der Waals surface area (Å²) in [6.45, 7) is 3.34. The average molecular weight is 248 g/mol. The van der Waals surface area contributed by atoms with Crippen LogP contribution in [0.5, 0.6) is 0 Å². The summed E-state index contributed by atoms with van der Waals surface area (Å²) in [5.74, 6) is 1.83. The lowest BCUT2D eigenvalue weighted by Gasteiger charge is -2.06. The number of hydrogen-bond acceptors (Lipinski definition) is 4. The fourth-order valence-corrected chi connectivity index (χ4v) is 2.54. The Bertz CT molecular complexity index is 467. The van der Waals surface area contributed by atoms with E-state index in [0.717, 1.165) is 23.3 Å². The molecule has 0 atom stereocenters.